The lowest BCUT2D eigenvalue weighted by molar-refractivity contribution is -0.317. The van der Waals surface area contributed by atoms with Gasteiger partial charge in [-0.2, -0.15) is 23.3 Å². The van der Waals surface area contributed by atoms with Crippen LogP contribution in [0.4, 0.5) is 13.2 Å². The topological polar surface area (TPSA) is 52.9 Å². The molecule has 1 aromatic rings. The Kier molecular flexibility index (Phi) is 3.91. The summed E-state index contributed by atoms with van der Waals surface area (Å²) in [5.74, 6) is -2.01. The quantitative estimate of drug-likeness (QED) is 0.908. The minimum atomic E-state index is -4.95. The Hall–Kier alpha value is -1.89. The van der Waals surface area contributed by atoms with Crippen molar-refractivity contribution in [3.63, 3.8) is 0 Å². The SMILES string of the molecule is O=C(Cc1ccccc1)N1N=C2CCCC[C@@H]2[C@@]1(O)C(F)(F)F. The summed E-state index contributed by atoms with van der Waals surface area (Å²) < 4.78 is 40.6. The van der Waals surface area contributed by atoms with Crippen LogP contribution in [-0.4, -0.2) is 33.6 Å². The zero-order valence-electron chi connectivity index (χ0n) is 12.4. The number of halogens is 3. The third-order valence-electron chi connectivity index (χ3n) is 4.47. The number of hydrogen-bond donors (Lipinski definition) is 1. The van der Waals surface area contributed by atoms with Crippen molar-refractivity contribution in [1.29, 1.82) is 0 Å². The van der Waals surface area contributed by atoms with E-state index in [9.17, 15) is 23.1 Å². The summed E-state index contributed by atoms with van der Waals surface area (Å²) in [5.41, 5.74) is -2.37. The van der Waals surface area contributed by atoms with E-state index in [4.69, 9.17) is 0 Å². The van der Waals surface area contributed by atoms with E-state index in [1.807, 2.05) is 0 Å². The second-order valence-electron chi connectivity index (χ2n) is 5.98. The summed E-state index contributed by atoms with van der Waals surface area (Å²) in [6.07, 6.45) is -3.30. The molecule has 7 heteroatoms. The van der Waals surface area contributed by atoms with Crippen molar-refractivity contribution < 1.29 is 23.1 Å². The van der Waals surface area contributed by atoms with Gasteiger partial charge in [-0.1, -0.05) is 36.8 Å². The third kappa shape index (κ3) is 2.63. The standard InChI is InChI=1S/C16H17F3N2O2/c17-16(18,19)15(23)12-8-4-5-9-13(12)20-21(15)14(22)10-11-6-2-1-3-7-11/h1-3,6-7,12,23H,4-5,8-10H2/t12-,15+/m0/s1. The molecule has 0 bridgehead atoms. The lowest BCUT2D eigenvalue weighted by Crippen LogP contribution is -2.61. The van der Waals surface area contributed by atoms with Gasteiger partial charge in [-0.3, -0.25) is 4.79 Å². The van der Waals surface area contributed by atoms with Crippen molar-refractivity contribution in [2.75, 3.05) is 0 Å². The van der Waals surface area contributed by atoms with Gasteiger partial charge in [0.05, 0.1) is 12.3 Å². The van der Waals surface area contributed by atoms with Crippen molar-refractivity contribution in [2.45, 2.75) is 44.0 Å². The van der Waals surface area contributed by atoms with Gasteiger partial charge in [-0.15, -0.1) is 0 Å². The normalized spacial score (nSPS) is 27.6. The van der Waals surface area contributed by atoms with Gasteiger partial charge < -0.3 is 5.11 Å². The van der Waals surface area contributed by atoms with Crippen molar-refractivity contribution in [1.82, 2.24) is 5.01 Å². The molecule has 2 aliphatic rings. The fraction of sp³-hybridized carbons (Fsp3) is 0.500. The highest BCUT2D eigenvalue weighted by Gasteiger charge is 2.68. The summed E-state index contributed by atoms with van der Waals surface area (Å²) in [5, 5.41) is 14.5. The number of rotatable bonds is 2. The molecule has 0 unspecified atom stereocenters. The van der Waals surface area contributed by atoms with E-state index in [-0.39, 0.29) is 23.6 Å². The van der Waals surface area contributed by atoms with Crippen LogP contribution in [-0.2, 0) is 11.2 Å². The molecule has 1 fully saturated rings. The molecule has 0 aromatic heterocycles. The van der Waals surface area contributed by atoms with E-state index in [1.54, 1.807) is 30.3 Å². The van der Waals surface area contributed by atoms with E-state index >= 15 is 0 Å². The van der Waals surface area contributed by atoms with Crippen LogP contribution in [0.1, 0.15) is 31.2 Å². The maximum Gasteiger partial charge on any atom is 0.439 e. The first-order valence-electron chi connectivity index (χ1n) is 7.57. The molecule has 1 amide bonds. The molecule has 1 saturated carbocycles. The maximum atomic E-state index is 13.5. The monoisotopic (exact) mass is 326 g/mol. The van der Waals surface area contributed by atoms with E-state index in [0.29, 0.717) is 18.4 Å². The molecular formula is C16H17F3N2O2. The van der Waals surface area contributed by atoms with Gasteiger partial charge in [0, 0.05) is 5.71 Å². The number of benzene rings is 1. The number of nitrogens with zero attached hydrogens (tertiary/aromatic N) is 2. The van der Waals surface area contributed by atoms with Crippen molar-refractivity contribution in [3.05, 3.63) is 35.9 Å². The Morgan fingerprint density at radius 1 is 1.30 bits per heavy atom. The van der Waals surface area contributed by atoms with Crippen LogP contribution in [0.5, 0.6) is 0 Å². The Morgan fingerprint density at radius 3 is 2.65 bits per heavy atom. The Balaban J connectivity index is 1.92. The smallest absolute Gasteiger partial charge is 0.362 e. The molecule has 2 atom stereocenters. The van der Waals surface area contributed by atoms with Gasteiger partial charge in [-0.05, 0) is 24.8 Å². The van der Waals surface area contributed by atoms with E-state index in [0.717, 1.165) is 6.42 Å². The Labute approximate surface area is 131 Å². The van der Waals surface area contributed by atoms with Crippen molar-refractivity contribution >= 4 is 11.6 Å². The summed E-state index contributed by atoms with van der Waals surface area (Å²) in [6.45, 7) is 0. The van der Waals surface area contributed by atoms with E-state index < -0.39 is 23.7 Å². The highest BCUT2D eigenvalue weighted by Crippen LogP contribution is 2.48. The molecule has 124 valence electrons. The van der Waals surface area contributed by atoms with Crippen LogP contribution in [0.2, 0.25) is 0 Å². The molecule has 1 aromatic carbocycles. The van der Waals surface area contributed by atoms with Crippen LogP contribution < -0.4 is 0 Å². The van der Waals surface area contributed by atoms with Gasteiger partial charge in [0.15, 0.2) is 0 Å². The molecule has 1 aliphatic carbocycles. The third-order valence-corrected chi connectivity index (χ3v) is 4.47. The zero-order valence-corrected chi connectivity index (χ0v) is 12.4. The first-order chi connectivity index (χ1) is 10.8. The summed E-state index contributed by atoms with van der Waals surface area (Å²) >= 11 is 0. The number of carbonyl (C=O) groups excluding carboxylic acids is 1. The second kappa shape index (κ2) is 5.63. The minimum absolute atomic E-state index is 0.184. The molecule has 0 spiro atoms. The van der Waals surface area contributed by atoms with E-state index in [1.165, 1.54) is 0 Å². The van der Waals surface area contributed by atoms with Gasteiger partial charge in [0.1, 0.15) is 0 Å². The Morgan fingerprint density at radius 2 is 2.00 bits per heavy atom. The van der Waals surface area contributed by atoms with Crippen molar-refractivity contribution in [3.8, 4) is 0 Å². The molecule has 1 heterocycles. The van der Waals surface area contributed by atoms with Gasteiger partial charge in [0.2, 0.25) is 5.91 Å². The largest absolute Gasteiger partial charge is 0.439 e. The summed E-state index contributed by atoms with van der Waals surface area (Å²) in [4.78, 5) is 12.4. The number of aliphatic hydroxyl groups is 1. The molecule has 0 saturated heterocycles. The molecule has 3 rings (SSSR count). The average molecular weight is 326 g/mol. The van der Waals surface area contributed by atoms with Crippen LogP contribution in [0.15, 0.2) is 35.4 Å². The summed E-state index contributed by atoms with van der Waals surface area (Å²) in [6, 6.07) is 8.47. The summed E-state index contributed by atoms with van der Waals surface area (Å²) in [7, 11) is 0. The van der Waals surface area contributed by atoms with Crippen LogP contribution in [0.3, 0.4) is 0 Å². The number of hydrogen-bond acceptors (Lipinski definition) is 3. The first-order valence-corrected chi connectivity index (χ1v) is 7.57. The van der Waals surface area contributed by atoms with Crippen LogP contribution in [0, 0.1) is 5.92 Å². The average Bonchev–Trinajstić information content (AvgIpc) is 2.83. The molecule has 23 heavy (non-hydrogen) atoms. The lowest BCUT2D eigenvalue weighted by atomic mass is 9.80. The van der Waals surface area contributed by atoms with Gasteiger partial charge >= 0.3 is 6.18 Å². The Bertz CT molecular complexity index is 630. The highest BCUT2D eigenvalue weighted by atomic mass is 19.4. The predicted molar refractivity (Wildman–Crippen MR) is 77.4 cm³/mol. The molecule has 0 radical (unpaired) electrons. The number of alkyl halides is 3. The van der Waals surface area contributed by atoms with Crippen molar-refractivity contribution in [2.24, 2.45) is 11.0 Å². The minimum Gasteiger partial charge on any atom is -0.362 e. The number of carbonyl (C=O) groups is 1. The maximum absolute atomic E-state index is 13.5. The van der Waals surface area contributed by atoms with Crippen LogP contribution >= 0.6 is 0 Å². The zero-order chi connectivity index (χ0) is 16.7. The number of hydrazone groups is 1. The lowest BCUT2D eigenvalue weighted by Gasteiger charge is -2.38. The first kappa shape index (κ1) is 16.0. The molecule has 4 nitrogen and oxygen atoms in total. The molecule has 1 aliphatic heterocycles. The number of fused-ring (bicyclic) bond motifs is 1. The fourth-order valence-corrected chi connectivity index (χ4v) is 3.31. The second-order valence-corrected chi connectivity index (χ2v) is 5.98. The molecule has 1 N–H and O–H groups in total. The van der Waals surface area contributed by atoms with Crippen LogP contribution in [0.25, 0.3) is 0 Å². The van der Waals surface area contributed by atoms with Gasteiger partial charge in [0.25, 0.3) is 5.72 Å². The molecular weight excluding hydrogens is 309 g/mol. The predicted octanol–water partition coefficient (Wildman–Crippen LogP) is 2.87. The van der Waals surface area contributed by atoms with Gasteiger partial charge in [-0.25, -0.2) is 0 Å². The fourth-order valence-electron chi connectivity index (χ4n) is 3.31. The highest BCUT2D eigenvalue weighted by molar-refractivity contribution is 5.93. The number of amides is 1. The van der Waals surface area contributed by atoms with E-state index in [2.05, 4.69) is 5.10 Å².